The van der Waals surface area contributed by atoms with Crippen molar-refractivity contribution >= 4 is 0 Å². The Morgan fingerprint density at radius 3 is 2.13 bits per heavy atom. The monoisotopic (exact) mass is 219 g/mol. The van der Waals surface area contributed by atoms with Gasteiger partial charge in [-0.3, -0.25) is 4.84 Å². The second kappa shape index (κ2) is 3.83. The van der Waals surface area contributed by atoms with Crippen molar-refractivity contribution in [1.82, 2.24) is 0 Å². The van der Waals surface area contributed by atoms with Crippen molar-refractivity contribution < 1.29 is 18.0 Å². The largest absolute Gasteiger partial charge is 0.416 e. The molecule has 0 unspecified atom stereocenters. The molecule has 0 aliphatic rings. The summed E-state index contributed by atoms with van der Waals surface area (Å²) in [6.45, 7) is 3.20. The van der Waals surface area contributed by atoms with Crippen molar-refractivity contribution in [1.29, 1.82) is 0 Å². The van der Waals surface area contributed by atoms with Crippen LogP contribution >= 0.6 is 0 Å². The first-order chi connectivity index (χ1) is 6.77. The summed E-state index contributed by atoms with van der Waals surface area (Å²) in [6, 6.07) is 4.92. The van der Waals surface area contributed by atoms with Crippen LogP contribution in [0, 0.1) is 0 Å². The summed E-state index contributed by atoms with van der Waals surface area (Å²) >= 11 is 0. The summed E-state index contributed by atoms with van der Waals surface area (Å²) in [6.07, 6.45) is -4.35. The summed E-state index contributed by atoms with van der Waals surface area (Å²) < 4.78 is 37.2. The number of hydrogen-bond acceptors (Lipinski definition) is 2. The van der Waals surface area contributed by atoms with Gasteiger partial charge < -0.3 is 0 Å². The fraction of sp³-hybridized carbons (Fsp3) is 0.400. The van der Waals surface area contributed by atoms with E-state index in [9.17, 15) is 13.2 Å². The van der Waals surface area contributed by atoms with Gasteiger partial charge in [-0.05, 0) is 31.5 Å². The third-order valence-corrected chi connectivity index (χ3v) is 2.18. The van der Waals surface area contributed by atoms with E-state index in [1.807, 2.05) is 0 Å². The van der Waals surface area contributed by atoms with Crippen LogP contribution in [-0.2, 0) is 16.6 Å². The molecule has 0 aliphatic carbocycles. The van der Waals surface area contributed by atoms with E-state index >= 15 is 0 Å². The molecule has 2 N–H and O–H groups in total. The second-order valence-electron chi connectivity index (χ2n) is 3.71. The lowest BCUT2D eigenvalue weighted by molar-refractivity contribution is -0.137. The van der Waals surface area contributed by atoms with Gasteiger partial charge in [-0.25, -0.2) is 5.90 Å². The van der Waals surface area contributed by atoms with Crippen molar-refractivity contribution in [3.8, 4) is 0 Å². The van der Waals surface area contributed by atoms with Gasteiger partial charge in [0.25, 0.3) is 0 Å². The highest BCUT2D eigenvalue weighted by Crippen LogP contribution is 2.32. The number of hydrogen-bond donors (Lipinski definition) is 1. The van der Waals surface area contributed by atoms with Crippen LogP contribution in [0.5, 0.6) is 0 Å². The van der Waals surface area contributed by atoms with E-state index in [0.29, 0.717) is 5.56 Å². The molecule has 0 bridgehead atoms. The fourth-order valence-corrected chi connectivity index (χ4v) is 1.14. The Balaban J connectivity index is 3.14. The van der Waals surface area contributed by atoms with Crippen LogP contribution in [-0.4, -0.2) is 0 Å². The van der Waals surface area contributed by atoms with Gasteiger partial charge in [0.1, 0.15) is 5.60 Å². The molecule has 0 radical (unpaired) electrons. The molecule has 0 aromatic heterocycles. The summed E-state index contributed by atoms with van der Waals surface area (Å²) in [7, 11) is 0. The van der Waals surface area contributed by atoms with Gasteiger partial charge in [0.05, 0.1) is 5.56 Å². The predicted molar refractivity (Wildman–Crippen MR) is 49.7 cm³/mol. The van der Waals surface area contributed by atoms with Crippen LogP contribution in [0.15, 0.2) is 24.3 Å². The van der Waals surface area contributed by atoms with Crippen LogP contribution in [0.3, 0.4) is 0 Å². The van der Waals surface area contributed by atoms with E-state index < -0.39 is 17.3 Å². The molecular weight excluding hydrogens is 207 g/mol. The van der Waals surface area contributed by atoms with Crippen LogP contribution in [0.1, 0.15) is 25.0 Å². The zero-order chi connectivity index (χ0) is 11.7. The highest BCUT2D eigenvalue weighted by atomic mass is 19.4. The molecule has 0 aliphatic heterocycles. The molecule has 0 spiro atoms. The highest BCUT2D eigenvalue weighted by molar-refractivity contribution is 5.29. The smallest absolute Gasteiger partial charge is 0.294 e. The molecule has 2 nitrogen and oxygen atoms in total. The third kappa shape index (κ3) is 2.70. The molecule has 1 aromatic carbocycles. The lowest BCUT2D eigenvalue weighted by Crippen LogP contribution is -2.25. The summed E-state index contributed by atoms with van der Waals surface area (Å²) in [5.41, 5.74) is -1.24. The number of nitrogens with two attached hydrogens (primary N) is 1. The maximum absolute atomic E-state index is 12.4. The maximum atomic E-state index is 12.4. The predicted octanol–water partition coefficient (Wildman–Crippen LogP) is 2.83. The van der Waals surface area contributed by atoms with Crippen LogP contribution in [0.4, 0.5) is 13.2 Å². The van der Waals surface area contributed by atoms with Crippen LogP contribution in [0.25, 0.3) is 0 Å². The molecule has 0 heterocycles. The first-order valence-corrected chi connectivity index (χ1v) is 4.33. The first-order valence-electron chi connectivity index (χ1n) is 4.33. The molecule has 84 valence electrons. The van der Waals surface area contributed by atoms with Gasteiger partial charge in [-0.2, -0.15) is 13.2 Å². The molecule has 0 fully saturated rings. The number of benzene rings is 1. The molecular formula is C10H12F3NO. The quantitative estimate of drug-likeness (QED) is 0.776. The van der Waals surface area contributed by atoms with Gasteiger partial charge in [0, 0.05) is 0 Å². The number of alkyl halides is 3. The number of halogens is 3. The van der Waals surface area contributed by atoms with E-state index in [1.165, 1.54) is 6.07 Å². The molecule has 0 saturated heterocycles. The molecule has 0 saturated carbocycles. The average Bonchev–Trinajstić information content (AvgIpc) is 2.17. The Morgan fingerprint density at radius 1 is 1.13 bits per heavy atom. The Morgan fingerprint density at radius 2 is 1.67 bits per heavy atom. The molecule has 0 amide bonds. The zero-order valence-corrected chi connectivity index (χ0v) is 8.43. The lowest BCUT2D eigenvalue weighted by atomic mass is 9.96. The van der Waals surface area contributed by atoms with Crippen molar-refractivity contribution in [3.05, 3.63) is 35.4 Å². The minimum absolute atomic E-state index is 0.389. The SMILES string of the molecule is CC(C)(ON)c1cccc(C(F)(F)F)c1. The number of rotatable bonds is 2. The topological polar surface area (TPSA) is 35.2 Å². The maximum Gasteiger partial charge on any atom is 0.416 e. The van der Waals surface area contributed by atoms with Crippen LogP contribution in [0.2, 0.25) is 0 Å². The Hall–Kier alpha value is -1.07. The van der Waals surface area contributed by atoms with Crippen molar-refractivity contribution in [2.45, 2.75) is 25.6 Å². The second-order valence-corrected chi connectivity index (χ2v) is 3.71. The third-order valence-electron chi connectivity index (χ3n) is 2.18. The Bertz CT molecular complexity index is 347. The normalized spacial score (nSPS) is 12.9. The van der Waals surface area contributed by atoms with Gasteiger partial charge in [0.2, 0.25) is 0 Å². The highest BCUT2D eigenvalue weighted by Gasteiger charge is 2.32. The Labute approximate surface area is 85.8 Å². The molecule has 5 heteroatoms. The molecule has 1 rings (SSSR count). The van der Waals surface area contributed by atoms with Gasteiger partial charge in [0.15, 0.2) is 0 Å². The van der Waals surface area contributed by atoms with Gasteiger partial charge >= 0.3 is 6.18 Å². The van der Waals surface area contributed by atoms with Crippen LogP contribution < -0.4 is 5.90 Å². The Kier molecular flexibility index (Phi) is 3.06. The molecule has 0 atom stereocenters. The summed E-state index contributed by atoms with van der Waals surface area (Å²) in [5, 5.41) is 0. The average molecular weight is 219 g/mol. The van der Waals surface area contributed by atoms with Crippen molar-refractivity contribution in [2.75, 3.05) is 0 Å². The zero-order valence-electron chi connectivity index (χ0n) is 8.43. The first kappa shape index (κ1) is 12.0. The van der Waals surface area contributed by atoms with E-state index in [-0.39, 0.29) is 0 Å². The van der Waals surface area contributed by atoms with E-state index in [4.69, 9.17) is 5.90 Å². The molecule has 15 heavy (non-hydrogen) atoms. The van der Waals surface area contributed by atoms with Gasteiger partial charge in [-0.1, -0.05) is 12.1 Å². The standard InChI is InChI=1S/C10H12F3NO/c1-9(2,15-14)7-4-3-5-8(6-7)10(11,12)13/h3-6H,14H2,1-2H3. The summed E-state index contributed by atoms with van der Waals surface area (Å²) in [4.78, 5) is 4.62. The van der Waals surface area contributed by atoms with Gasteiger partial charge in [-0.15, -0.1) is 0 Å². The van der Waals surface area contributed by atoms with E-state index in [2.05, 4.69) is 4.84 Å². The van der Waals surface area contributed by atoms with Crippen molar-refractivity contribution in [2.24, 2.45) is 5.90 Å². The fourth-order valence-electron chi connectivity index (χ4n) is 1.14. The van der Waals surface area contributed by atoms with E-state index in [1.54, 1.807) is 19.9 Å². The van der Waals surface area contributed by atoms with Crippen molar-refractivity contribution in [3.63, 3.8) is 0 Å². The minimum Gasteiger partial charge on any atom is -0.294 e. The summed E-state index contributed by atoms with van der Waals surface area (Å²) in [5.74, 6) is 5.02. The minimum atomic E-state index is -4.35. The lowest BCUT2D eigenvalue weighted by Gasteiger charge is -2.23. The van der Waals surface area contributed by atoms with E-state index in [0.717, 1.165) is 12.1 Å². The molecule has 1 aromatic rings.